The third-order valence-electron chi connectivity index (χ3n) is 4.07. The topological polar surface area (TPSA) is 110 Å². The lowest BCUT2D eigenvalue weighted by molar-refractivity contribution is 0.0999. The van der Waals surface area contributed by atoms with Gasteiger partial charge in [0.2, 0.25) is 0 Å². The van der Waals surface area contributed by atoms with Crippen LogP contribution >= 0.6 is 11.3 Å². The second-order valence-corrected chi connectivity index (χ2v) is 7.06. The molecule has 0 bridgehead atoms. The molecule has 0 aliphatic rings. The average molecular weight is 400 g/mol. The fourth-order valence-corrected chi connectivity index (χ4v) is 3.38. The van der Waals surface area contributed by atoms with Crippen LogP contribution in [0.5, 0.6) is 0 Å². The molecule has 0 saturated heterocycles. The highest BCUT2D eigenvalue weighted by Crippen LogP contribution is 2.19. The molecular weight excluding hydrogens is 380 g/mol. The van der Waals surface area contributed by atoms with Crippen molar-refractivity contribution in [3.05, 3.63) is 47.0 Å². The maximum Gasteiger partial charge on any atom is 0.275 e. The summed E-state index contributed by atoms with van der Waals surface area (Å²) in [5, 5.41) is 10.7. The number of nitrogens with zero attached hydrogens (tertiary/aromatic N) is 3. The highest BCUT2D eigenvalue weighted by molar-refractivity contribution is 7.13. The first-order chi connectivity index (χ1) is 13.3. The number of rotatable bonds is 6. The van der Waals surface area contributed by atoms with Gasteiger partial charge in [-0.2, -0.15) is 0 Å². The number of carbonyl (C=O) groups is 3. The second kappa shape index (κ2) is 7.69. The number of carbonyl (C=O) groups excluding carboxylic acids is 3. The van der Waals surface area contributed by atoms with E-state index in [1.54, 1.807) is 60.2 Å². The molecule has 3 heterocycles. The maximum atomic E-state index is 12.6. The SMILES string of the molecule is CNc1nc(C(=O)Nc2cc(C(=O)Nc3cc(C(C)=O)n(C)c3)n(C)c2)cs1. The largest absolute Gasteiger partial charge is 0.365 e. The molecule has 0 aromatic carbocycles. The van der Waals surface area contributed by atoms with Crippen LogP contribution < -0.4 is 16.0 Å². The zero-order valence-electron chi connectivity index (χ0n) is 15.9. The van der Waals surface area contributed by atoms with Crippen molar-refractivity contribution < 1.29 is 14.4 Å². The molecule has 0 unspecified atom stereocenters. The van der Waals surface area contributed by atoms with Crippen LogP contribution in [0.3, 0.4) is 0 Å². The monoisotopic (exact) mass is 400 g/mol. The molecule has 10 heteroatoms. The molecule has 0 atom stereocenters. The van der Waals surface area contributed by atoms with Gasteiger partial charge >= 0.3 is 0 Å². The molecule has 2 amide bonds. The van der Waals surface area contributed by atoms with Crippen molar-refractivity contribution >= 4 is 45.4 Å². The van der Waals surface area contributed by atoms with Gasteiger partial charge in [-0.15, -0.1) is 11.3 Å². The number of hydrogen-bond donors (Lipinski definition) is 3. The number of anilines is 3. The van der Waals surface area contributed by atoms with Gasteiger partial charge in [0.15, 0.2) is 10.9 Å². The number of amides is 2. The molecule has 0 aliphatic heterocycles. The van der Waals surface area contributed by atoms with Gasteiger partial charge in [-0.05, 0) is 12.1 Å². The van der Waals surface area contributed by atoms with E-state index in [9.17, 15) is 14.4 Å². The summed E-state index contributed by atoms with van der Waals surface area (Å²) in [5.41, 5.74) is 2.16. The summed E-state index contributed by atoms with van der Waals surface area (Å²) in [7, 11) is 5.17. The van der Waals surface area contributed by atoms with Crippen LogP contribution in [0.4, 0.5) is 16.5 Å². The minimum Gasteiger partial charge on any atom is -0.365 e. The summed E-state index contributed by atoms with van der Waals surface area (Å²) in [6, 6.07) is 3.20. The number of Topliss-reactive ketones (excluding diaryl/α,β-unsaturated/α-hetero) is 1. The van der Waals surface area contributed by atoms with Crippen LogP contribution in [0.25, 0.3) is 0 Å². The first kappa shape index (κ1) is 19.4. The van der Waals surface area contributed by atoms with E-state index in [4.69, 9.17) is 0 Å². The van der Waals surface area contributed by atoms with Gasteiger partial charge in [-0.1, -0.05) is 0 Å². The zero-order valence-corrected chi connectivity index (χ0v) is 16.7. The number of ketones is 1. The molecule has 146 valence electrons. The molecule has 9 nitrogen and oxygen atoms in total. The molecule has 0 fully saturated rings. The first-order valence-electron chi connectivity index (χ1n) is 8.38. The van der Waals surface area contributed by atoms with E-state index in [0.29, 0.717) is 33.6 Å². The number of hydrogen-bond acceptors (Lipinski definition) is 6. The van der Waals surface area contributed by atoms with Crippen LogP contribution in [0, 0.1) is 0 Å². The van der Waals surface area contributed by atoms with E-state index in [0.717, 1.165) is 0 Å². The Labute approximate surface area is 165 Å². The van der Waals surface area contributed by atoms with Crippen LogP contribution in [0.15, 0.2) is 29.9 Å². The Bertz CT molecular complexity index is 1060. The van der Waals surface area contributed by atoms with E-state index in [1.807, 2.05) is 0 Å². The van der Waals surface area contributed by atoms with E-state index in [2.05, 4.69) is 20.9 Å². The second-order valence-electron chi connectivity index (χ2n) is 6.20. The summed E-state index contributed by atoms with van der Waals surface area (Å²) in [4.78, 5) is 40.6. The molecule has 0 radical (unpaired) electrons. The summed E-state index contributed by atoms with van der Waals surface area (Å²) in [5.74, 6) is -0.797. The third-order valence-corrected chi connectivity index (χ3v) is 4.93. The molecule has 28 heavy (non-hydrogen) atoms. The Kier molecular flexibility index (Phi) is 5.32. The fraction of sp³-hybridized carbons (Fsp3) is 0.222. The van der Waals surface area contributed by atoms with Crippen molar-refractivity contribution in [1.82, 2.24) is 14.1 Å². The molecule has 3 aromatic heterocycles. The minimum atomic E-state index is -0.357. The molecule has 0 saturated carbocycles. The van der Waals surface area contributed by atoms with Crippen molar-refractivity contribution in [2.45, 2.75) is 6.92 Å². The lowest BCUT2D eigenvalue weighted by Gasteiger charge is -2.03. The Morgan fingerprint density at radius 2 is 1.54 bits per heavy atom. The molecule has 3 N–H and O–H groups in total. The van der Waals surface area contributed by atoms with Crippen molar-refractivity contribution in [3.8, 4) is 0 Å². The van der Waals surface area contributed by atoms with Gasteiger partial charge in [-0.25, -0.2) is 4.98 Å². The molecule has 3 rings (SSSR count). The number of thiazole rings is 1. The van der Waals surface area contributed by atoms with Gasteiger partial charge < -0.3 is 25.1 Å². The van der Waals surface area contributed by atoms with Crippen molar-refractivity contribution in [2.75, 3.05) is 23.0 Å². The van der Waals surface area contributed by atoms with Crippen molar-refractivity contribution in [2.24, 2.45) is 14.1 Å². The Balaban J connectivity index is 1.72. The summed E-state index contributed by atoms with van der Waals surface area (Å²) in [6.07, 6.45) is 3.31. The quantitative estimate of drug-likeness (QED) is 0.551. The number of nitrogens with one attached hydrogen (secondary N) is 3. The number of aryl methyl sites for hydroxylation is 2. The normalized spacial score (nSPS) is 10.6. The van der Waals surface area contributed by atoms with Gasteiger partial charge in [0.05, 0.1) is 17.1 Å². The summed E-state index contributed by atoms with van der Waals surface area (Å²) in [6.45, 7) is 1.47. The average Bonchev–Trinajstić information content (AvgIpc) is 3.33. The first-order valence-corrected chi connectivity index (χ1v) is 9.26. The van der Waals surface area contributed by atoms with Gasteiger partial charge in [-0.3, -0.25) is 14.4 Å². The molecular formula is C18H20N6O3S. The van der Waals surface area contributed by atoms with Crippen LogP contribution in [0.2, 0.25) is 0 Å². The molecule has 0 spiro atoms. The van der Waals surface area contributed by atoms with Crippen LogP contribution in [0.1, 0.15) is 38.4 Å². The van der Waals surface area contributed by atoms with Gasteiger partial charge in [0, 0.05) is 45.8 Å². The van der Waals surface area contributed by atoms with E-state index < -0.39 is 0 Å². The third kappa shape index (κ3) is 3.96. The van der Waals surface area contributed by atoms with Crippen LogP contribution in [-0.2, 0) is 14.1 Å². The predicted molar refractivity (Wildman–Crippen MR) is 108 cm³/mol. The Hall–Kier alpha value is -3.40. The van der Waals surface area contributed by atoms with E-state index >= 15 is 0 Å². The highest BCUT2D eigenvalue weighted by atomic mass is 32.1. The lowest BCUT2D eigenvalue weighted by Crippen LogP contribution is -2.15. The van der Waals surface area contributed by atoms with E-state index in [1.165, 1.54) is 18.3 Å². The van der Waals surface area contributed by atoms with Crippen LogP contribution in [-0.4, -0.2) is 38.8 Å². The van der Waals surface area contributed by atoms with Crippen molar-refractivity contribution in [1.29, 1.82) is 0 Å². The smallest absolute Gasteiger partial charge is 0.275 e. The van der Waals surface area contributed by atoms with Gasteiger partial charge in [0.1, 0.15) is 11.4 Å². The minimum absolute atomic E-state index is 0.0877. The Morgan fingerprint density at radius 1 is 0.964 bits per heavy atom. The fourth-order valence-electron chi connectivity index (χ4n) is 2.72. The summed E-state index contributed by atoms with van der Waals surface area (Å²) >= 11 is 1.33. The standard InChI is InChI=1S/C18H20N6O3S/c1-10(25)14-5-11(7-23(14)3)21-17(27)15-6-12(8-24(15)4)20-16(26)13-9-28-18(19-2)22-13/h5-9H,1-4H3,(H,19,22)(H,20,26)(H,21,27). The number of aromatic nitrogens is 3. The van der Waals surface area contributed by atoms with E-state index in [-0.39, 0.29) is 17.6 Å². The lowest BCUT2D eigenvalue weighted by atomic mass is 10.3. The molecule has 3 aromatic rings. The Morgan fingerprint density at radius 3 is 2.07 bits per heavy atom. The zero-order chi connectivity index (χ0) is 20.4. The predicted octanol–water partition coefficient (Wildman–Crippen LogP) is 2.57. The molecule has 0 aliphatic carbocycles. The highest BCUT2D eigenvalue weighted by Gasteiger charge is 2.17. The van der Waals surface area contributed by atoms with Crippen molar-refractivity contribution in [3.63, 3.8) is 0 Å². The summed E-state index contributed by atoms with van der Waals surface area (Å²) < 4.78 is 3.27. The van der Waals surface area contributed by atoms with Gasteiger partial charge in [0.25, 0.3) is 11.8 Å². The maximum absolute atomic E-state index is 12.6.